The van der Waals surface area contributed by atoms with Crippen LogP contribution < -0.4 is 5.32 Å². The molecule has 0 bridgehead atoms. The number of aryl methyl sites for hydroxylation is 1. The second-order valence-electron chi connectivity index (χ2n) is 5.80. The van der Waals surface area contributed by atoms with Crippen molar-refractivity contribution in [2.24, 2.45) is 0 Å². The number of hydrogen-bond donors (Lipinski definition) is 2. The van der Waals surface area contributed by atoms with Crippen LogP contribution in [0.5, 0.6) is 0 Å². The van der Waals surface area contributed by atoms with Gasteiger partial charge in [-0.2, -0.15) is 4.52 Å². The van der Waals surface area contributed by atoms with Gasteiger partial charge >= 0.3 is 0 Å². The maximum atomic E-state index is 4.62. The van der Waals surface area contributed by atoms with E-state index in [1.807, 2.05) is 48.7 Å². The van der Waals surface area contributed by atoms with Crippen LogP contribution in [0.25, 0.3) is 17.0 Å². The molecule has 3 heterocycles. The van der Waals surface area contributed by atoms with Crippen molar-refractivity contribution in [3.05, 3.63) is 60.7 Å². The molecule has 0 spiro atoms. The SMILES string of the molecule is c1ccc(-c2nnc3ccc(NCCCCc4ncc[nH]4)nn23)cc1. The largest absolute Gasteiger partial charge is 0.369 e. The summed E-state index contributed by atoms with van der Waals surface area (Å²) in [5.74, 6) is 2.61. The van der Waals surface area contributed by atoms with Crippen molar-refractivity contribution in [3.8, 4) is 11.4 Å². The molecule has 4 aromatic rings. The van der Waals surface area contributed by atoms with Crippen molar-refractivity contribution in [2.45, 2.75) is 19.3 Å². The third kappa shape index (κ3) is 3.50. The maximum absolute atomic E-state index is 4.62. The fraction of sp³-hybridized carbons (Fsp3) is 0.222. The van der Waals surface area contributed by atoms with Crippen molar-refractivity contribution in [1.82, 2.24) is 29.8 Å². The highest BCUT2D eigenvalue weighted by Crippen LogP contribution is 2.17. The first-order valence-corrected chi connectivity index (χ1v) is 8.40. The Hall–Kier alpha value is -3.22. The molecule has 2 N–H and O–H groups in total. The molecule has 7 heteroatoms. The number of rotatable bonds is 7. The summed E-state index contributed by atoms with van der Waals surface area (Å²) in [5.41, 5.74) is 1.74. The van der Waals surface area contributed by atoms with Crippen LogP contribution in [0, 0.1) is 0 Å². The zero-order valence-electron chi connectivity index (χ0n) is 13.8. The Balaban J connectivity index is 1.40. The standard InChI is InChI=1S/C18H19N7/c1-2-6-14(7-3-1)18-23-22-17-10-9-16(24-25(17)18)19-11-5-4-8-15-20-12-13-21-15/h1-3,6-7,9-10,12-13H,4-5,8,11H2,(H,19,24)(H,20,21). The Morgan fingerprint density at radius 1 is 1.00 bits per heavy atom. The van der Waals surface area contributed by atoms with Crippen LogP contribution >= 0.6 is 0 Å². The van der Waals surface area contributed by atoms with E-state index < -0.39 is 0 Å². The number of imidazole rings is 1. The summed E-state index contributed by atoms with van der Waals surface area (Å²) in [6, 6.07) is 13.8. The molecule has 3 aromatic heterocycles. The molecular formula is C18H19N7. The fourth-order valence-corrected chi connectivity index (χ4v) is 2.72. The van der Waals surface area contributed by atoms with Crippen LogP contribution in [0.4, 0.5) is 5.82 Å². The molecule has 0 amide bonds. The number of unbranched alkanes of at least 4 members (excludes halogenated alkanes) is 1. The monoisotopic (exact) mass is 333 g/mol. The maximum Gasteiger partial charge on any atom is 0.185 e. The molecule has 0 fully saturated rings. The van der Waals surface area contributed by atoms with Gasteiger partial charge < -0.3 is 10.3 Å². The smallest absolute Gasteiger partial charge is 0.185 e. The average molecular weight is 333 g/mol. The Bertz CT molecular complexity index is 929. The van der Waals surface area contributed by atoms with Crippen molar-refractivity contribution in [3.63, 3.8) is 0 Å². The van der Waals surface area contributed by atoms with Crippen molar-refractivity contribution in [1.29, 1.82) is 0 Å². The van der Waals surface area contributed by atoms with Gasteiger partial charge in [-0.3, -0.25) is 0 Å². The van der Waals surface area contributed by atoms with Gasteiger partial charge in [0.2, 0.25) is 0 Å². The van der Waals surface area contributed by atoms with Crippen LogP contribution in [0.3, 0.4) is 0 Å². The third-order valence-electron chi connectivity index (χ3n) is 4.00. The highest BCUT2D eigenvalue weighted by Gasteiger charge is 2.09. The van der Waals surface area contributed by atoms with E-state index in [1.54, 1.807) is 10.7 Å². The first kappa shape index (κ1) is 15.3. The molecule has 0 radical (unpaired) electrons. The van der Waals surface area contributed by atoms with Crippen LogP contribution in [-0.4, -0.2) is 36.3 Å². The molecule has 126 valence electrons. The molecule has 1 aromatic carbocycles. The Morgan fingerprint density at radius 3 is 2.76 bits per heavy atom. The Morgan fingerprint density at radius 2 is 1.92 bits per heavy atom. The minimum absolute atomic E-state index is 0.738. The van der Waals surface area contributed by atoms with E-state index in [2.05, 4.69) is 30.6 Å². The molecule has 0 aliphatic carbocycles. The topological polar surface area (TPSA) is 83.8 Å². The summed E-state index contributed by atoms with van der Waals surface area (Å²) in [5, 5.41) is 16.4. The predicted octanol–water partition coefficient (Wildman–Crippen LogP) is 2.95. The van der Waals surface area contributed by atoms with Gasteiger partial charge in [-0.1, -0.05) is 30.3 Å². The van der Waals surface area contributed by atoms with Gasteiger partial charge in [0.05, 0.1) is 0 Å². The number of fused-ring (bicyclic) bond motifs is 1. The number of H-pyrrole nitrogens is 1. The molecule has 0 saturated carbocycles. The molecule has 7 nitrogen and oxygen atoms in total. The van der Waals surface area contributed by atoms with Gasteiger partial charge in [0.25, 0.3) is 0 Å². The van der Waals surface area contributed by atoms with E-state index in [-0.39, 0.29) is 0 Å². The van der Waals surface area contributed by atoms with Gasteiger partial charge in [0.15, 0.2) is 11.5 Å². The number of nitrogens with one attached hydrogen (secondary N) is 2. The van der Waals surface area contributed by atoms with E-state index in [4.69, 9.17) is 0 Å². The molecule has 0 aliphatic rings. The number of anilines is 1. The first-order valence-electron chi connectivity index (χ1n) is 8.40. The minimum atomic E-state index is 0.738. The fourth-order valence-electron chi connectivity index (χ4n) is 2.72. The Kier molecular flexibility index (Phi) is 4.37. The third-order valence-corrected chi connectivity index (χ3v) is 4.00. The minimum Gasteiger partial charge on any atom is -0.369 e. The first-order chi connectivity index (χ1) is 12.4. The lowest BCUT2D eigenvalue weighted by Crippen LogP contribution is -2.06. The summed E-state index contributed by atoms with van der Waals surface area (Å²) in [6.07, 6.45) is 6.73. The molecule has 0 atom stereocenters. The average Bonchev–Trinajstić information content (AvgIpc) is 3.31. The van der Waals surface area contributed by atoms with Gasteiger partial charge in [0.1, 0.15) is 11.6 Å². The molecule has 4 rings (SSSR count). The van der Waals surface area contributed by atoms with Gasteiger partial charge in [-0.15, -0.1) is 15.3 Å². The normalized spacial score (nSPS) is 11.0. The molecular weight excluding hydrogens is 314 g/mol. The lowest BCUT2D eigenvalue weighted by molar-refractivity contribution is 0.734. The molecule has 25 heavy (non-hydrogen) atoms. The van der Waals surface area contributed by atoms with E-state index in [0.717, 1.165) is 54.5 Å². The number of nitrogens with zero attached hydrogens (tertiary/aromatic N) is 5. The van der Waals surface area contributed by atoms with Crippen LogP contribution in [0.2, 0.25) is 0 Å². The molecule has 0 unspecified atom stereocenters. The predicted molar refractivity (Wildman–Crippen MR) is 96.2 cm³/mol. The second-order valence-corrected chi connectivity index (χ2v) is 5.80. The highest BCUT2D eigenvalue weighted by molar-refractivity contribution is 5.59. The van der Waals surface area contributed by atoms with E-state index in [1.165, 1.54) is 0 Å². The lowest BCUT2D eigenvalue weighted by Gasteiger charge is -2.06. The van der Waals surface area contributed by atoms with Crippen molar-refractivity contribution < 1.29 is 0 Å². The summed E-state index contributed by atoms with van der Waals surface area (Å²) in [6.45, 7) is 0.863. The summed E-state index contributed by atoms with van der Waals surface area (Å²) < 4.78 is 1.78. The summed E-state index contributed by atoms with van der Waals surface area (Å²) >= 11 is 0. The van der Waals surface area contributed by atoms with Gasteiger partial charge in [-0.25, -0.2) is 4.98 Å². The summed E-state index contributed by atoms with van der Waals surface area (Å²) in [4.78, 5) is 7.36. The number of aromatic amines is 1. The summed E-state index contributed by atoms with van der Waals surface area (Å²) in [7, 11) is 0. The Labute approximate surface area is 145 Å². The number of hydrogen-bond acceptors (Lipinski definition) is 5. The highest BCUT2D eigenvalue weighted by atomic mass is 15.4. The van der Waals surface area contributed by atoms with Crippen LogP contribution in [0.1, 0.15) is 18.7 Å². The number of benzene rings is 1. The van der Waals surface area contributed by atoms with Crippen LogP contribution in [0.15, 0.2) is 54.9 Å². The van der Waals surface area contributed by atoms with Crippen molar-refractivity contribution >= 4 is 11.5 Å². The van der Waals surface area contributed by atoms with Gasteiger partial charge in [0, 0.05) is 30.9 Å². The van der Waals surface area contributed by atoms with E-state index in [9.17, 15) is 0 Å². The zero-order valence-corrected chi connectivity index (χ0v) is 13.8. The van der Waals surface area contributed by atoms with Crippen molar-refractivity contribution in [2.75, 3.05) is 11.9 Å². The molecule has 0 aliphatic heterocycles. The van der Waals surface area contributed by atoms with E-state index >= 15 is 0 Å². The van der Waals surface area contributed by atoms with E-state index in [0.29, 0.717) is 0 Å². The van der Waals surface area contributed by atoms with Crippen LogP contribution in [-0.2, 0) is 6.42 Å². The lowest BCUT2D eigenvalue weighted by atomic mass is 10.2. The molecule has 0 saturated heterocycles. The quantitative estimate of drug-likeness (QED) is 0.508. The number of aromatic nitrogens is 6. The second kappa shape index (κ2) is 7.12. The zero-order chi connectivity index (χ0) is 16.9. The van der Waals surface area contributed by atoms with Gasteiger partial charge in [-0.05, 0) is 25.0 Å².